The van der Waals surface area contributed by atoms with E-state index >= 15 is 0 Å². The third kappa shape index (κ3) is 5.96. The molecule has 0 radical (unpaired) electrons. The van der Waals surface area contributed by atoms with Gasteiger partial charge < -0.3 is 4.74 Å². The fourth-order valence-electron chi connectivity index (χ4n) is 3.66. The Bertz CT molecular complexity index is 1360. The Balaban J connectivity index is 1.89. The van der Waals surface area contributed by atoms with Crippen LogP contribution in [0.1, 0.15) is 24.3 Å². The van der Waals surface area contributed by atoms with Crippen molar-refractivity contribution in [3.63, 3.8) is 0 Å². The summed E-state index contributed by atoms with van der Waals surface area (Å²) in [6, 6.07) is 6.71. The predicted molar refractivity (Wildman–Crippen MR) is 142 cm³/mol. The zero-order chi connectivity index (χ0) is 26.1. The van der Waals surface area contributed by atoms with Gasteiger partial charge in [-0.15, -0.1) is 5.10 Å². The summed E-state index contributed by atoms with van der Waals surface area (Å²) in [6.07, 6.45) is 1.30. The minimum absolute atomic E-state index is 0.244. The average Bonchev–Trinajstić information content (AvgIpc) is 3.07. The van der Waals surface area contributed by atoms with Crippen molar-refractivity contribution in [1.82, 2.24) is 25.0 Å². The molecule has 1 N–H and O–H groups in total. The first-order valence-electron chi connectivity index (χ1n) is 10.7. The number of ether oxygens (including phenoxy) is 1. The number of aryl methyl sites for hydroxylation is 2. The number of rotatable bonds is 7. The summed E-state index contributed by atoms with van der Waals surface area (Å²) in [6.45, 7) is 3.39. The molecule has 0 unspecified atom stereocenters. The molecule has 0 spiro atoms. The number of halogens is 1. The second kappa shape index (κ2) is 9.90. The zero-order valence-electron chi connectivity index (χ0n) is 20.6. The molecule has 3 aromatic rings. The minimum atomic E-state index is -3.56. The molecule has 3 heterocycles. The van der Waals surface area contributed by atoms with Crippen LogP contribution in [-0.4, -0.2) is 74.5 Å². The number of aromatic nitrogens is 5. The minimum Gasteiger partial charge on any atom is -0.441 e. The molecule has 0 saturated heterocycles. The van der Waals surface area contributed by atoms with Crippen molar-refractivity contribution in [2.24, 2.45) is 7.05 Å². The third-order valence-corrected chi connectivity index (χ3v) is 6.74. The van der Waals surface area contributed by atoms with E-state index in [1.807, 2.05) is 0 Å². The Hall–Kier alpha value is -3.06. The average molecular weight is 515 g/mol. The Labute approximate surface area is 211 Å². The van der Waals surface area contributed by atoms with Crippen LogP contribution in [0.4, 0.5) is 16.3 Å². The van der Waals surface area contributed by atoms with E-state index in [-0.39, 0.29) is 11.0 Å². The summed E-state index contributed by atoms with van der Waals surface area (Å²) in [4.78, 5) is 21.2. The first-order chi connectivity index (χ1) is 16.2. The van der Waals surface area contributed by atoms with Gasteiger partial charge in [0.1, 0.15) is 34.8 Å². The van der Waals surface area contributed by atoms with Crippen LogP contribution in [0.5, 0.6) is 0 Å². The standard InChI is InChI=1S/C19H25B3ClN7O4S/c1-10-14(30(19(20,21)22)35(4,32)33)8-7-13(25-10)15-17(29(3)28-27-15)26-18(31)34-11(2)12-6-5-9-24-16(12)23/h5-9,11H,20-22H2,1-4H3,(H,26,31)/t11-/m1/s1. The van der Waals surface area contributed by atoms with E-state index in [4.69, 9.17) is 16.3 Å². The van der Waals surface area contributed by atoms with Gasteiger partial charge in [-0.3, -0.25) is 9.62 Å². The highest BCUT2D eigenvalue weighted by Crippen LogP contribution is 2.31. The monoisotopic (exact) mass is 515 g/mol. The molecular formula is C19H25B3ClN7O4S. The molecule has 182 valence electrons. The largest absolute Gasteiger partial charge is 0.441 e. The molecule has 1 amide bonds. The molecule has 0 aliphatic heterocycles. The molecule has 0 aliphatic rings. The molecule has 11 nitrogen and oxygen atoms in total. The SMILES string of the molecule is BC(B)(B)N(c1ccc(-c2nnn(C)c2NC(=O)O[C@H](C)c2cccnc2Cl)nc1C)S(C)(=O)=O. The maximum Gasteiger partial charge on any atom is 0.413 e. The maximum absolute atomic E-state index is 12.6. The number of nitrogens with one attached hydrogen (secondary N) is 1. The van der Waals surface area contributed by atoms with Gasteiger partial charge in [0.15, 0.2) is 11.5 Å². The fraction of sp³-hybridized carbons (Fsp3) is 0.316. The molecule has 1 atom stereocenters. The van der Waals surface area contributed by atoms with Crippen LogP contribution < -0.4 is 9.62 Å². The lowest BCUT2D eigenvalue weighted by Gasteiger charge is -2.36. The van der Waals surface area contributed by atoms with Gasteiger partial charge in [0, 0.05) is 18.8 Å². The summed E-state index contributed by atoms with van der Waals surface area (Å²) in [7, 11) is 3.46. The number of carbonyl (C=O) groups excluding carboxylic acids is 1. The number of amides is 1. The van der Waals surface area contributed by atoms with E-state index < -0.39 is 27.5 Å². The Kier molecular flexibility index (Phi) is 7.51. The lowest BCUT2D eigenvalue weighted by Crippen LogP contribution is -2.54. The second-order valence-electron chi connectivity index (χ2n) is 8.97. The van der Waals surface area contributed by atoms with Crippen molar-refractivity contribution in [3.05, 3.63) is 46.9 Å². The highest BCUT2D eigenvalue weighted by Gasteiger charge is 2.31. The van der Waals surface area contributed by atoms with Gasteiger partial charge >= 0.3 is 6.09 Å². The number of hydrogen-bond acceptors (Lipinski definition) is 8. The van der Waals surface area contributed by atoms with Gasteiger partial charge in [0.25, 0.3) is 0 Å². The number of nitrogens with zero attached hydrogens (tertiary/aromatic N) is 6. The van der Waals surface area contributed by atoms with E-state index in [1.165, 1.54) is 8.99 Å². The number of pyridine rings is 2. The molecule has 0 aromatic carbocycles. The van der Waals surface area contributed by atoms with Crippen LogP contribution in [0.2, 0.25) is 5.15 Å². The van der Waals surface area contributed by atoms with Crippen molar-refractivity contribution in [3.8, 4) is 11.4 Å². The van der Waals surface area contributed by atoms with Crippen LogP contribution >= 0.6 is 11.6 Å². The molecule has 0 aliphatic carbocycles. The van der Waals surface area contributed by atoms with E-state index in [2.05, 4.69) is 25.6 Å². The predicted octanol–water partition coefficient (Wildman–Crippen LogP) is -0.180. The number of carbonyl (C=O) groups is 1. The fourth-order valence-corrected chi connectivity index (χ4v) is 5.48. The van der Waals surface area contributed by atoms with Gasteiger partial charge in [-0.05, 0) is 37.3 Å². The Morgan fingerprint density at radius 1 is 1.29 bits per heavy atom. The van der Waals surface area contributed by atoms with Crippen LogP contribution in [-0.2, 0) is 21.8 Å². The maximum atomic E-state index is 12.6. The van der Waals surface area contributed by atoms with Crippen LogP contribution in [0.25, 0.3) is 11.4 Å². The van der Waals surface area contributed by atoms with Gasteiger partial charge in [0.05, 0.1) is 23.3 Å². The van der Waals surface area contributed by atoms with E-state index in [0.29, 0.717) is 28.3 Å². The lowest BCUT2D eigenvalue weighted by molar-refractivity contribution is 0.121. The summed E-state index contributed by atoms with van der Waals surface area (Å²) in [5.41, 5.74) is 2.19. The second-order valence-corrected chi connectivity index (χ2v) is 11.2. The van der Waals surface area contributed by atoms with Crippen molar-refractivity contribution in [2.45, 2.75) is 25.2 Å². The molecule has 3 aromatic heterocycles. The summed E-state index contributed by atoms with van der Waals surface area (Å²) < 4.78 is 33.1. The first kappa shape index (κ1) is 26.5. The van der Waals surface area contributed by atoms with E-state index in [0.717, 1.165) is 6.26 Å². The molecule has 0 saturated carbocycles. The molecule has 0 fully saturated rings. The summed E-state index contributed by atoms with van der Waals surface area (Å²) in [5.74, 6) is 0.259. The van der Waals surface area contributed by atoms with Crippen molar-refractivity contribution in [2.75, 3.05) is 15.9 Å². The van der Waals surface area contributed by atoms with E-state index in [9.17, 15) is 13.2 Å². The first-order valence-corrected chi connectivity index (χ1v) is 12.9. The highest BCUT2D eigenvalue weighted by atomic mass is 35.5. The smallest absolute Gasteiger partial charge is 0.413 e. The topological polar surface area (TPSA) is 132 Å². The zero-order valence-corrected chi connectivity index (χ0v) is 22.1. The molecular weight excluding hydrogens is 490 g/mol. The normalized spacial score (nSPS) is 12.7. The molecule has 35 heavy (non-hydrogen) atoms. The van der Waals surface area contributed by atoms with Crippen molar-refractivity contribution < 1.29 is 17.9 Å². The molecule has 3 rings (SSSR count). The van der Waals surface area contributed by atoms with Crippen molar-refractivity contribution in [1.29, 1.82) is 0 Å². The number of anilines is 2. The van der Waals surface area contributed by atoms with Gasteiger partial charge in [-0.1, -0.05) is 22.9 Å². The molecule has 16 heteroatoms. The highest BCUT2D eigenvalue weighted by molar-refractivity contribution is 7.92. The Morgan fingerprint density at radius 2 is 1.97 bits per heavy atom. The Morgan fingerprint density at radius 3 is 2.54 bits per heavy atom. The summed E-state index contributed by atoms with van der Waals surface area (Å²) in [5, 5.41) is 10.3. The van der Waals surface area contributed by atoms with Crippen LogP contribution in [0.3, 0.4) is 0 Å². The van der Waals surface area contributed by atoms with Crippen LogP contribution in [0.15, 0.2) is 30.5 Å². The van der Waals surface area contributed by atoms with E-state index in [1.54, 1.807) is 74.9 Å². The van der Waals surface area contributed by atoms with Crippen LogP contribution in [0, 0.1) is 6.92 Å². The summed E-state index contributed by atoms with van der Waals surface area (Å²) >= 11 is 6.09. The van der Waals surface area contributed by atoms with Crippen molar-refractivity contribution >= 4 is 62.8 Å². The number of sulfonamides is 1. The lowest BCUT2D eigenvalue weighted by atomic mass is 9.49. The number of hydrogen-bond donors (Lipinski definition) is 1. The van der Waals surface area contributed by atoms with Gasteiger partial charge in [-0.25, -0.2) is 27.9 Å². The van der Waals surface area contributed by atoms with Gasteiger partial charge in [-0.2, -0.15) is 0 Å². The quantitative estimate of drug-likeness (QED) is 0.339. The third-order valence-electron chi connectivity index (χ3n) is 5.02. The molecule has 0 bridgehead atoms. The van der Waals surface area contributed by atoms with Gasteiger partial charge in [0.2, 0.25) is 10.0 Å².